The lowest BCUT2D eigenvalue weighted by molar-refractivity contribution is 0.365. The second kappa shape index (κ2) is 4.33. The molecular formula is C8H5Cl2O2. The zero-order valence-corrected chi connectivity index (χ0v) is 7.52. The van der Waals surface area contributed by atoms with Crippen molar-refractivity contribution in [1.82, 2.24) is 0 Å². The van der Waals surface area contributed by atoms with Gasteiger partial charge in [-0.25, -0.2) is 0 Å². The molecule has 0 saturated carbocycles. The van der Waals surface area contributed by atoms with E-state index in [2.05, 4.69) is 0 Å². The molecule has 1 radical (unpaired) electrons. The predicted molar refractivity (Wildman–Crippen MR) is 47.7 cm³/mol. The fourth-order valence-corrected chi connectivity index (χ4v) is 1.16. The molecule has 1 aromatic rings. The first-order valence-electron chi connectivity index (χ1n) is 3.17. The normalized spacial score (nSPS) is 9.50. The van der Waals surface area contributed by atoms with Crippen LogP contribution in [0.4, 0.5) is 0 Å². The number of carbonyl (C=O) groups excluding carboxylic acids is 1. The van der Waals surface area contributed by atoms with Crippen LogP contribution in [0, 0.1) is 0 Å². The first kappa shape index (κ1) is 9.36. The Bertz CT molecular complexity index is 286. The fraction of sp³-hybridized carbons (Fsp3) is 0.125. The Kier molecular flexibility index (Phi) is 3.38. The van der Waals surface area contributed by atoms with E-state index in [1.54, 1.807) is 24.5 Å². The van der Waals surface area contributed by atoms with Crippen molar-refractivity contribution in [2.75, 3.05) is 6.61 Å². The number of halogens is 2. The predicted octanol–water partition coefficient (Wildman–Crippen LogP) is 2.48. The van der Waals surface area contributed by atoms with E-state index in [9.17, 15) is 4.79 Å². The third-order valence-corrected chi connectivity index (χ3v) is 1.71. The van der Waals surface area contributed by atoms with Gasteiger partial charge in [0.1, 0.15) is 5.75 Å². The molecule has 0 N–H and O–H groups in total. The first-order valence-corrected chi connectivity index (χ1v) is 3.92. The summed E-state index contributed by atoms with van der Waals surface area (Å²) in [6.45, 7) is -0.124. The van der Waals surface area contributed by atoms with Gasteiger partial charge in [-0.15, -0.1) is 0 Å². The lowest BCUT2D eigenvalue weighted by Crippen LogP contribution is -1.97. The molecule has 63 valence electrons. The summed E-state index contributed by atoms with van der Waals surface area (Å²) >= 11 is 11.4. The zero-order chi connectivity index (χ0) is 8.97. The SMILES string of the molecule is O=[C]COc1ccc(Cl)cc1Cl. The maximum absolute atomic E-state index is 9.84. The fourth-order valence-electron chi connectivity index (χ4n) is 0.699. The summed E-state index contributed by atoms with van der Waals surface area (Å²) < 4.78 is 4.93. The molecule has 0 aliphatic heterocycles. The summed E-state index contributed by atoms with van der Waals surface area (Å²) in [4.78, 5) is 9.84. The van der Waals surface area contributed by atoms with Crippen LogP contribution in [-0.2, 0) is 4.79 Å². The van der Waals surface area contributed by atoms with Gasteiger partial charge in [0.15, 0.2) is 6.61 Å². The number of ether oxygens (including phenoxy) is 1. The quantitative estimate of drug-likeness (QED) is 0.755. The molecule has 0 aliphatic rings. The summed E-state index contributed by atoms with van der Waals surface area (Å²) in [7, 11) is 0. The van der Waals surface area contributed by atoms with Crippen LogP contribution >= 0.6 is 23.2 Å². The molecule has 0 fully saturated rings. The molecule has 0 spiro atoms. The largest absolute Gasteiger partial charge is 0.484 e. The van der Waals surface area contributed by atoms with Gasteiger partial charge < -0.3 is 4.74 Å². The Labute approximate surface area is 80.0 Å². The van der Waals surface area contributed by atoms with E-state index < -0.39 is 0 Å². The van der Waals surface area contributed by atoms with Crippen molar-refractivity contribution >= 4 is 29.5 Å². The van der Waals surface area contributed by atoms with E-state index in [-0.39, 0.29) is 6.61 Å². The van der Waals surface area contributed by atoms with E-state index in [0.29, 0.717) is 15.8 Å². The number of rotatable bonds is 3. The van der Waals surface area contributed by atoms with Crippen molar-refractivity contribution in [2.24, 2.45) is 0 Å². The molecule has 1 aromatic carbocycles. The number of benzene rings is 1. The molecule has 0 unspecified atom stereocenters. The van der Waals surface area contributed by atoms with Crippen molar-refractivity contribution in [1.29, 1.82) is 0 Å². The van der Waals surface area contributed by atoms with Crippen LogP contribution in [0.15, 0.2) is 18.2 Å². The molecular weight excluding hydrogens is 199 g/mol. The molecule has 2 nitrogen and oxygen atoms in total. The third-order valence-electron chi connectivity index (χ3n) is 1.18. The Hall–Kier alpha value is -0.730. The zero-order valence-electron chi connectivity index (χ0n) is 6.01. The van der Waals surface area contributed by atoms with Crippen LogP contribution < -0.4 is 4.74 Å². The van der Waals surface area contributed by atoms with Crippen LogP contribution in [0.1, 0.15) is 0 Å². The maximum atomic E-state index is 9.84. The smallest absolute Gasteiger partial charge is 0.239 e. The number of hydrogen-bond donors (Lipinski definition) is 0. The minimum atomic E-state index is -0.124. The van der Waals surface area contributed by atoms with Gasteiger partial charge in [0.2, 0.25) is 6.29 Å². The minimum absolute atomic E-state index is 0.124. The molecule has 0 bridgehead atoms. The van der Waals surface area contributed by atoms with E-state index in [0.717, 1.165) is 0 Å². The standard InChI is InChI=1S/C8H5Cl2O2/c9-6-1-2-8(7(10)5-6)12-4-3-11/h1-2,5H,4H2. The summed E-state index contributed by atoms with van der Waals surface area (Å²) in [5.41, 5.74) is 0. The van der Waals surface area contributed by atoms with Crippen LogP contribution in [-0.4, -0.2) is 12.9 Å². The second-order valence-corrected chi connectivity index (χ2v) is 2.85. The van der Waals surface area contributed by atoms with Gasteiger partial charge in [-0.2, -0.15) is 0 Å². The number of hydrogen-bond acceptors (Lipinski definition) is 2. The van der Waals surface area contributed by atoms with Gasteiger partial charge in [-0.3, -0.25) is 4.79 Å². The monoisotopic (exact) mass is 203 g/mol. The Balaban J connectivity index is 2.78. The molecule has 12 heavy (non-hydrogen) atoms. The molecule has 0 aromatic heterocycles. The molecule has 0 amide bonds. The van der Waals surface area contributed by atoms with Gasteiger partial charge in [0, 0.05) is 5.02 Å². The molecule has 0 heterocycles. The van der Waals surface area contributed by atoms with Crippen LogP contribution in [0.2, 0.25) is 10.0 Å². The van der Waals surface area contributed by atoms with Crippen molar-refractivity contribution in [3.8, 4) is 5.75 Å². The Morgan fingerprint density at radius 2 is 2.17 bits per heavy atom. The molecule has 0 saturated heterocycles. The molecule has 0 aliphatic carbocycles. The lowest BCUT2D eigenvalue weighted by Gasteiger charge is -2.03. The maximum Gasteiger partial charge on any atom is 0.239 e. The highest BCUT2D eigenvalue weighted by atomic mass is 35.5. The third kappa shape index (κ3) is 2.40. The van der Waals surface area contributed by atoms with E-state index in [4.69, 9.17) is 27.9 Å². The van der Waals surface area contributed by atoms with Gasteiger partial charge in [-0.05, 0) is 18.2 Å². The van der Waals surface area contributed by atoms with Crippen molar-refractivity contribution in [2.45, 2.75) is 0 Å². The van der Waals surface area contributed by atoms with Gasteiger partial charge in [0.25, 0.3) is 0 Å². The Morgan fingerprint density at radius 1 is 1.42 bits per heavy atom. The van der Waals surface area contributed by atoms with E-state index in [1.807, 2.05) is 0 Å². The van der Waals surface area contributed by atoms with E-state index >= 15 is 0 Å². The van der Waals surface area contributed by atoms with Crippen molar-refractivity contribution in [3.63, 3.8) is 0 Å². The summed E-state index contributed by atoms with van der Waals surface area (Å²) in [6, 6.07) is 4.78. The second-order valence-electron chi connectivity index (χ2n) is 2.01. The van der Waals surface area contributed by atoms with Crippen LogP contribution in [0.25, 0.3) is 0 Å². The minimum Gasteiger partial charge on any atom is -0.484 e. The molecule has 1 rings (SSSR count). The topological polar surface area (TPSA) is 26.3 Å². The Morgan fingerprint density at radius 3 is 2.75 bits per heavy atom. The van der Waals surface area contributed by atoms with Gasteiger partial charge in [-0.1, -0.05) is 23.2 Å². The summed E-state index contributed by atoms with van der Waals surface area (Å²) in [5.74, 6) is 0.435. The molecule has 4 heteroatoms. The highest BCUT2D eigenvalue weighted by Gasteiger charge is 2.00. The van der Waals surface area contributed by atoms with Crippen LogP contribution in [0.5, 0.6) is 5.75 Å². The van der Waals surface area contributed by atoms with Crippen molar-refractivity contribution < 1.29 is 9.53 Å². The van der Waals surface area contributed by atoms with E-state index in [1.165, 1.54) is 0 Å². The average molecular weight is 204 g/mol. The highest BCUT2D eigenvalue weighted by Crippen LogP contribution is 2.27. The van der Waals surface area contributed by atoms with Crippen molar-refractivity contribution in [3.05, 3.63) is 28.2 Å². The lowest BCUT2D eigenvalue weighted by atomic mass is 10.3. The average Bonchev–Trinajstić information content (AvgIpc) is 2.03. The first-order chi connectivity index (χ1) is 5.74. The van der Waals surface area contributed by atoms with Crippen LogP contribution in [0.3, 0.4) is 0 Å². The van der Waals surface area contributed by atoms with Gasteiger partial charge >= 0.3 is 0 Å². The summed E-state index contributed by atoms with van der Waals surface area (Å²) in [6.07, 6.45) is 1.59. The molecule has 0 atom stereocenters. The summed E-state index contributed by atoms with van der Waals surface area (Å²) in [5, 5.41) is 0.917. The highest BCUT2D eigenvalue weighted by molar-refractivity contribution is 6.35. The van der Waals surface area contributed by atoms with Gasteiger partial charge in [0.05, 0.1) is 5.02 Å².